The molecule has 1 aliphatic rings. The minimum Gasteiger partial charge on any atom is -0.480 e. The van der Waals surface area contributed by atoms with Gasteiger partial charge < -0.3 is 9.63 Å². The molecule has 1 aliphatic carbocycles. The van der Waals surface area contributed by atoms with Gasteiger partial charge in [-0.05, 0) is 37.1 Å². The van der Waals surface area contributed by atoms with Gasteiger partial charge in [0.05, 0.1) is 0 Å². The molecular formula is C14H13ClN2O3. The lowest BCUT2D eigenvalue weighted by molar-refractivity contribution is -0.144. The quantitative estimate of drug-likeness (QED) is 0.939. The fraction of sp³-hybridized carbons (Fsp3) is 0.357. The van der Waals surface area contributed by atoms with Gasteiger partial charge in [0, 0.05) is 10.6 Å². The van der Waals surface area contributed by atoms with Gasteiger partial charge in [-0.25, -0.2) is 0 Å². The molecule has 0 atom stereocenters. The lowest BCUT2D eigenvalue weighted by Crippen LogP contribution is -2.32. The van der Waals surface area contributed by atoms with Crippen molar-refractivity contribution in [3.8, 4) is 11.4 Å². The molecule has 0 aliphatic heterocycles. The van der Waals surface area contributed by atoms with E-state index < -0.39 is 11.4 Å². The van der Waals surface area contributed by atoms with Crippen molar-refractivity contribution in [3.05, 3.63) is 35.2 Å². The smallest absolute Gasteiger partial charge is 0.319 e. The highest BCUT2D eigenvalue weighted by Gasteiger charge is 2.48. The third-order valence-electron chi connectivity index (χ3n) is 3.80. The highest BCUT2D eigenvalue weighted by atomic mass is 35.5. The number of carboxylic acids is 1. The lowest BCUT2D eigenvalue weighted by Gasteiger charge is -2.17. The summed E-state index contributed by atoms with van der Waals surface area (Å²) in [6.07, 6.45) is 2.82. The largest absolute Gasteiger partial charge is 0.480 e. The number of nitrogens with zero attached hydrogens (tertiary/aromatic N) is 2. The van der Waals surface area contributed by atoms with E-state index in [-0.39, 0.29) is 5.89 Å². The number of halogens is 1. The first kappa shape index (κ1) is 13.1. The van der Waals surface area contributed by atoms with Crippen molar-refractivity contribution in [2.24, 2.45) is 0 Å². The number of benzene rings is 1. The van der Waals surface area contributed by atoms with Crippen LogP contribution in [0.3, 0.4) is 0 Å². The van der Waals surface area contributed by atoms with Crippen molar-refractivity contribution >= 4 is 17.6 Å². The Balaban J connectivity index is 1.97. The summed E-state index contributed by atoms with van der Waals surface area (Å²) in [5.41, 5.74) is -0.263. The van der Waals surface area contributed by atoms with E-state index in [9.17, 15) is 9.90 Å². The van der Waals surface area contributed by atoms with Crippen LogP contribution >= 0.6 is 11.6 Å². The number of rotatable bonds is 3. The summed E-state index contributed by atoms with van der Waals surface area (Å²) in [5.74, 6) is -0.294. The molecule has 1 aromatic heterocycles. The van der Waals surface area contributed by atoms with Crippen LogP contribution in [-0.4, -0.2) is 21.2 Å². The molecule has 0 spiro atoms. The van der Waals surface area contributed by atoms with E-state index in [0.29, 0.717) is 23.7 Å². The number of carboxylic acid groups (broad SMARTS) is 1. The maximum atomic E-state index is 11.6. The number of hydrogen-bond donors (Lipinski definition) is 1. The molecule has 3 rings (SSSR count). The highest BCUT2D eigenvalue weighted by Crippen LogP contribution is 2.41. The average molecular weight is 293 g/mol. The van der Waals surface area contributed by atoms with E-state index in [2.05, 4.69) is 10.1 Å². The van der Waals surface area contributed by atoms with Crippen molar-refractivity contribution in [2.75, 3.05) is 0 Å². The van der Waals surface area contributed by atoms with Gasteiger partial charge in [-0.3, -0.25) is 4.79 Å². The van der Waals surface area contributed by atoms with Gasteiger partial charge in [-0.1, -0.05) is 29.6 Å². The second-order valence-corrected chi connectivity index (χ2v) is 5.46. The van der Waals surface area contributed by atoms with Gasteiger partial charge in [0.15, 0.2) is 0 Å². The van der Waals surface area contributed by atoms with E-state index in [4.69, 9.17) is 16.1 Å². The van der Waals surface area contributed by atoms with E-state index in [1.165, 1.54) is 0 Å². The molecule has 1 fully saturated rings. The summed E-state index contributed by atoms with van der Waals surface area (Å²) >= 11 is 5.83. The summed E-state index contributed by atoms with van der Waals surface area (Å²) in [7, 11) is 0. The zero-order valence-electron chi connectivity index (χ0n) is 10.7. The number of aliphatic carboxylic acids is 1. The fourth-order valence-electron chi connectivity index (χ4n) is 2.63. The molecule has 0 unspecified atom stereocenters. The number of aromatic nitrogens is 2. The monoisotopic (exact) mass is 292 g/mol. The Labute approximate surface area is 120 Å². The second kappa shape index (κ2) is 4.90. The normalized spacial score (nSPS) is 17.2. The number of carbonyl (C=O) groups is 1. The Kier molecular flexibility index (Phi) is 3.22. The topological polar surface area (TPSA) is 76.2 Å². The average Bonchev–Trinajstić information content (AvgIpc) is 3.09. The third kappa shape index (κ3) is 2.08. The van der Waals surface area contributed by atoms with E-state index in [1.54, 1.807) is 24.3 Å². The molecule has 104 valence electrons. The molecule has 0 amide bonds. The molecule has 6 heteroatoms. The van der Waals surface area contributed by atoms with Crippen LogP contribution < -0.4 is 0 Å². The molecule has 1 N–H and O–H groups in total. The maximum Gasteiger partial charge on any atom is 0.319 e. The van der Waals surface area contributed by atoms with Gasteiger partial charge >= 0.3 is 5.97 Å². The molecule has 0 saturated heterocycles. The Morgan fingerprint density at radius 2 is 1.90 bits per heavy atom. The predicted octanol–water partition coefficient (Wildman–Crippen LogP) is 3.29. The van der Waals surface area contributed by atoms with Gasteiger partial charge in [0.25, 0.3) is 0 Å². The van der Waals surface area contributed by atoms with Crippen LogP contribution in [0.15, 0.2) is 28.8 Å². The molecule has 20 heavy (non-hydrogen) atoms. The first-order valence-electron chi connectivity index (χ1n) is 6.45. The van der Waals surface area contributed by atoms with Crippen molar-refractivity contribution in [1.29, 1.82) is 0 Å². The Morgan fingerprint density at radius 3 is 2.50 bits per heavy atom. The van der Waals surface area contributed by atoms with Gasteiger partial charge in [-0.15, -0.1) is 0 Å². The summed E-state index contributed by atoms with van der Waals surface area (Å²) in [6.45, 7) is 0. The van der Waals surface area contributed by atoms with Crippen LogP contribution in [-0.2, 0) is 10.2 Å². The van der Waals surface area contributed by atoms with Crippen LogP contribution in [0.4, 0.5) is 0 Å². The molecule has 0 radical (unpaired) electrons. The van der Waals surface area contributed by atoms with Crippen LogP contribution in [0, 0.1) is 0 Å². The van der Waals surface area contributed by atoms with E-state index in [0.717, 1.165) is 18.4 Å². The van der Waals surface area contributed by atoms with Crippen LogP contribution in [0.5, 0.6) is 0 Å². The molecular weight excluding hydrogens is 280 g/mol. The Hall–Kier alpha value is -1.88. The highest BCUT2D eigenvalue weighted by molar-refractivity contribution is 6.30. The summed E-state index contributed by atoms with van der Waals surface area (Å²) in [6, 6.07) is 7.02. The van der Waals surface area contributed by atoms with Gasteiger partial charge in [0.1, 0.15) is 5.41 Å². The lowest BCUT2D eigenvalue weighted by atomic mass is 9.86. The van der Waals surface area contributed by atoms with Gasteiger partial charge in [-0.2, -0.15) is 4.98 Å². The summed E-state index contributed by atoms with van der Waals surface area (Å²) in [5, 5.41) is 14.0. The zero-order valence-corrected chi connectivity index (χ0v) is 11.4. The maximum absolute atomic E-state index is 11.6. The molecule has 1 saturated carbocycles. The van der Waals surface area contributed by atoms with Crippen molar-refractivity contribution in [3.63, 3.8) is 0 Å². The standard InChI is InChI=1S/C14H13ClN2O3/c15-10-5-3-9(4-6-10)11-16-12(20-17-11)14(13(18)19)7-1-2-8-14/h3-6H,1-2,7-8H2,(H,18,19). The molecule has 0 bridgehead atoms. The second-order valence-electron chi connectivity index (χ2n) is 5.02. The predicted molar refractivity (Wildman–Crippen MR) is 72.5 cm³/mol. The summed E-state index contributed by atoms with van der Waals surface area (Å²) < 4.78 is 5.22. The first-order chi connectivity index (χ1) is 9.62. The minimum absolute atomic E-state index is 0.201. The Morgan fingerprint density at radius 1 is 1.25 bits per heavy atom. The van der Waals surface area contributed by atoms with Crippen LogP contribution in [0.25, 0.3) is 11.4 Å². The third-order valence-corrected chi connectivity index (χ3v) is 4.06. The SMILES string of the molecule is O=C(O)C1(c2nc(-c3ccc(Cl)cc3)no2)CCCC1. The van der Waals surface area contributed by atoms with Crippen LogP contribution in [0.2, 0.25) is 5.02 Å². The summed E-state index contributed by atoms with van der Waals surface area (Å²) in [4.78, 5) is 15.9. The fourth-order valence-corrected chi connectivity index (χ4v) is 2.76. The minimum atomic E-state index is -1.02. The molecule has 5 nitrogen and oxygen atoms in total. The van der Waals surface area contributed by atoms with E-state index >= 15 is 0 Å². The van der Waals surface area contributed by atoms with Gasteiger partial charge in [0.2, 0.25) is 11.7 Å². The zero-order chi connectivity index (χ0) is 14.2. The van der Waals surface area contributed by atoms with Crippen molar-refractivity contribution in [1.82, 2.24) is 10.1 Å². The molecule has 2 aromatic rings. The van der Waals surface area contributed by atoms with Crippen molar-refractivity contribution < 1.29 is 14.4 Å². The Bertz CT molecular complexity index is 630. The molecule has 1 heterocycles. The van der Waals surface area contributed by atoms with E-state index in [1.807, 2.05) is 0 Å². The van der Waals surface area contributed by atoms with Crippen molar-refractivity contribution in [2.45, 2.75) is 31.1 Å². The molecule has 1 aromatic carbocycles. The van der Waals surface area contributed by atoms with Crippen LogP contribution in [0.1, 0.15) is 31.6 Å². The first-order valence-corrected chi connectivity index (χ1v) is 6.83. The number of hydrogen-bond acceptors (Lipinski definition) is 4.